The van der Waals surface area contributed by atoms with Gasteiger partial charge in [0.2, 0.25) is 0 Å². The lowest BCUT2D eigenvalue weighted by Gasteiger charge is -2.14. The monoisotopic (exact) mass is 425 g/mol. The third kappa shape index (κ3) is 5.94. The van der Waals surface area contributed by atoms with Gasteiger partial charge in [0, 0.05) is 21.8 Å². The molecule has 0 radical (unpaired) electrons. The molecular weight excluding hydrogens is 406 g/mol. The van der Waals surface area contributed by atoms with Crippen LogP contribution in [0.25, 0.3) is 0 Å². The maximum absolute atomic E-state index is 6.22. The van der Waals surface area contributed by atoms with Crippen LogP contribution in [0.1, 0.15) is 11.1 Å². The molecule has 0 saturated heterocycles. The van der Waals surface area contributed by atoms with E-state index in [0.29, 0.717) is 28.2 Å². The van der Waals surface area contributed by atoms with Gasteiger partial charge in [0.05, 0.1) is 13.3 Å². The maximum Gasteiger partial charge on any atom is 0.191 e. The molecule has 29 heavy (non-hydrogen) atoms. The van der Waals surface area contributed by atoms with E-state index >= 15 is 0 Å². The molecule has 5 nitrogen and oxygen atoms in total. The lowest BCUT2D eigenvalue weighted by molar-refractivity contribution is 0.284. The number of nitrogens with one attached hydrogen (secondary N) is 2. The number of rotatable bonds is 7. The number of ether oxygens (including phenoxy) is 2. The van der Waals surface area contributed by atoms with Crippen molar-refractivity contribution in [1.82, 2.24) is 5.43 Å². The quantitative estimate of drug-likeness (QED) is 0.307. The molecule has 3 aromatic carbocycles. The molecule has 0 fully saturated rings. The number of hydrogen-bond acceptors (Lipinski definition) is 4. The molecule has 0 aliphatic carbocycles. The highest BCUT2D eigenvalue weighted by Gasteiger charge is 2.10. The van der Waals surface area contributed by atoms with Gasteiger partial charge in [-0.1, -0.05) is 54.1 Å². The first kappa shape index (κ1) is 20.6. The second-order valence-electron chi connectivity index (χ2n) is 5.95. The molecule has 0 amide bonds. The molecule has 3 aromatic rings. The van der Waals surface area contributed by atoms with Gasteiger partial charge in [-0.2, -0.15) is 5.10 Å². The van der Waals surface area contributed by atoms with Crippen molar-refractivity contribution in [1.29, 1.82) is 0 Å². The number of methoxy groups -OCH3 is 1. The molecule has 0 unspecified atom stereocenters. The average Bonchev–Trinajstić information content (AvgIpc) is 2.74. The highest BCUT2D eigenvalue weighted by Crippen LogP contribution is 2.31. The Labute approximate surface area is 180 Å². The fourth-order valence-corrected chi connectivity index (χ4v) is 2.92. The van der Waals surface area contributed by atoms with Gasteiger partial charge in [0.25, 0.3) is 0 Å². The van der Waals surface area contributed by atoms with Gasteiger partial charge in [0.1, 0.15) is 6.61 Å². The summed E-state index contributed by atoms with van der Waals surface area (Å²) in [6.07, 6.45) is 1.63. The lowest BCUT2D eigenvalue weighted by Crippen LogP contribution is -2.23. The van der Waals surface area contributed by atoms with Gasteiger partial charge in [-0.15, -0.1) is 0 Å². The van der Waals surface area contributed by atoms with E-state index in [0.717, 1.165) is 16.8 Å². The van der Waals surface area contributed by atoms with Crippen molar-refractivity contribution in [3.63, 3.8) is 0 Å². The Balaban J connectivity index is 1.69. The van der Waals surface area contributed by atoms with E-state index in [1.54, 1.807) is 13.3 Å². The first-order chi connectivity index (χ1) is 14.2. The molecule has 3 rings (SSSR count). The number of halogens is 1. The van der Waals surface area contributed by atoms with Crippen molar-refractivity contribution < 1.29 is 9.47 Å². The Bertz CT molecular complexity index is 996. The summed E-state index contributed by atoms with van der Waals surface area (Å²) in [5, 5.41) is 8.29. The fraction of sp³-hybridized carbons (Fsp3) is 0.0909. The van der Waals surface area contributed by atoms with Crippen molar-refractivity contribution >= 4 is 40.8 Å². The highest BCUT2D eigenvalue weighted by molar-refractivity contribution is 7.80. The number of benzene rings is 3. The zero-order chi connectivity index (χ0) is 20.5. The van der Waals surface area contributed by atoms with Crippen LogP contribution in [0, 0.1) is 0 Å². The van der Waals surface area contributed by atoms with Crippen molar-refractivity contribution in [2.45, 2.75) is 6.61 Å². The second kappa shape index (κ2) is 10.5. The van der Waals surface area contributed by atoms with Crippen molar-refractivity contribution in [2.24, 2.45) is 5.10 Å². The van der Waals surface area contributed by atoms with Crippen LogP contribution >= 0.6 is 23.8 Å². The summed E-state index contributed by atoms with van der Waals surface area (Å²) in [4.78, 5) is 0. The van der Waals surface area contributed by atoms with Crippen LogP contribution in [0.5, 0.6) is 11.5 Å². The lowest BCUT2D eigenvalue weighted by atomic mass is 10.2. The van der Waals surface area contributed by atoms with Gasteiger partial charge in [-0.25, -0.2) is 0 Å². The summed E-state index contributed by atoms with van der Waals surface area (Å²) >= 11 is 11.5. The van der Waals surface area contributed by atoms with Crippen molar-refractivity contribution in [3.8, 4) is 11.5 Å². The maximum atomic E-state index is 6.22. The van der Waals surface area contributed by atoms with E-state index in [9.17, 15) is 0 Å². The topological polar surface area (TPSA) is 54.9 Å². The van der Waals surface area contributed by atoms with Gasteiger partial charge in [-0.05, 0) is 42.5 Å². The van der Waals surface area contributed by atoms with Gasteiger partial charge >= 0.3 is 0 Å². The van der Waals surface area contributed by atoms with Crippen LogP contribution in [0.4, 0.5) is 5.69 Å². The third-order valence-corrected chi connectivity index (χ3v) is 4.52. The molecule has 0 saturated carbocycles. The van der Waals surface area contributed by atoms with Gasteiger partial charge in [-0.3, -0.25) is 5.43 Å². The largest absolute Gasteiger partial charge is 0.493 e. The Hall–Kier alpha value is -3.09. The number of hydrazone groups is 1. The zero-order valence-corrected chi connectivity index (χ0v) is 17.3. The summed E-state index contributed by atoms with van der Waals surface area (Å²) in [5.41, 5.74) is 5.31. The Kier molecular flexibility index (Phi) is 7.44. The highest BCUT2D eigenvalue weighted by atomic mass is 35.5. The zero-order valence-electron chi connectivity index (χ0n) is 15.8. The van der Waals surface area contributed by atoms with Crippen LogP contribution in [-0.4, -0.2) is 18.4 Å². The molecule has 148 valence electrons. The van der Waals surface area contributed by atoms with Crippen LogP contribution in [0.3, 0.4) is 0 Å². The second-order valence-corrected chi connectivity index (χ2v) is 6.76. The predicted molar refractivity (Wildman–Crippen MR) is 122 cm³/mol. The third-order valence-electron chi connectivity index (χ3n) is 3.96. The van der Waals surface area contributed by atoms with Crippen molar-refractivity contribution in [3.05, 3.63) is 88.9 Å². The van der Waals surface area contributed by atoms with E-state index in [2.05, 4.69) is 15.8 Å². The van der Waals surface area contributed by atoms with Gasteiger partial charge in [0.15, 0.2) is 16.6 Å². The summed E-state index contributed by atoms with van der Waals surface area (Å²) in [7, 11) is 1.59. The van der Waals surface area contributed by atoms with Crippen LogP contribution in [0.15, 0.2) is 77.9 Å². The standard InChI is InChI=1S/C22H20ClN3O2S/c1-27-20-13-7-9-16(21(20)28-15-17-8-5-6-12-19(17)23)14-24-26-22(29)25-18-10-3-2-4-11-18/h2-14H,15H2,1H3,(H2,25,26,29)/b24-14+. The Morgan fingerprint density at radius 1 is 1.03 bits per heavy atom. The molecule has 0 spiro atoms. The summed E-state index contributed by atoms with van der Waals surface area (Å²) < 4.78 is 11.4. The minimum atomic E-state index is 0.308. The molecule has 7 heteroatoms. The summed E-state index contributed by atoms with van der Waals surface area (Å²) in [6, 6.07) is 22.7. The molecular formula is C22H20ClN3O2S. The Morgan fingerprint density at radius 3 is 2.55 bits per heavy atom. The fourth-order valence-electron chi connectivity index (χ4n) is 2.56. The number of anilines is 1. The number of para-hydroxylation sites is 2. The predicted octanol–water partition coefficient (Wildman–Crippen LogP) is 5.25. The Morgan fingerprint density at radius 2 is 1.79 bits per heavy atom. The molecule has 0 aromatic heterocycles. The normalized spacial score (nSPS) is 10.6. The summed E-state index contributed by atoms with van der Waals surface area (Å²) in [6.45, 7) is 0.308. The molecule has 0 atom stereocenters. The SMILES string of the molecule is COc1cccc(/C=N/NC(=S)Nc2ccccc2)c1OCc1ccccc1Cl. The minimum Gasteiger partial charge on any atom is -0.493 e. The molecule has 0 aliphatic heterocycles. The molecule has 0 heterocycles. The minimum absolute atomic E-state index is 0.308. The van der Waals surface area contributed by atoms with E-state index in [4.69, 9.17) is 33.3 Å². The van der Waals surface area contributed by atoms with E-state index < -0.39 is 0 Å². The summed E-state index contributed by atoms with van der Waals surface area (Å²) in [5.74, 6) is 1.17. The first-order valence-corrected chi connectivity index (χ1v) is 9.64. The average molecular weight is 426 g/mol. The molecule has 0 aliphatic rings. The van der Waals surface area contributed by atoms with E-state index in [1.807, 2.05) is 72.8 Å². The van der Waals surface area contributed by atoms with E-state index in [-0.39, 0.29) is 0 Å². The van der Waals surface area contributed by atoms with Crippen LogP contribution in [-0.2, 0) is 6.61 Å². The number of thiocarbonyl (C=S) groups is 1. The first-order valence-electron chi connectivity index (χ1n) is 8.85. The van der Waals surface area contributed by atoms with Crippen LogP contribution < -0.4 is 20.2 Å². The number of nitrogens with zero attached hydrogens (tertiary/aromatic N) is 1. The van der Waals surface area contributed by atoms with Gasteiger partial charge < -0.3 is 14.8 Å². The molecule has 0 bridgehead atoms. The smallest absolute Gasteiger partial charge is 0.191 e. The molecule has 2 N–H and O–H groups in total. The van der Waals surface area contributed by atoms with Crippen LogP contribution in [0.2, 0.25) is 5.02 Å². The van der Waals surface area contributed by atoms with Crippen molar-refractivity contribution in [2.75, 3.05) is 12.4 Å². The van der Waals surface area contributed by atoms with E-state index in [1.165, 1.54) is 0 Å². The number of hydrogen-bond donors (Lipinski definition) is 2.